The number of amides is 3. The Balaban J connectivity index is 2.10. The number of benzene rings is 1. The molecule has 6 nitrogen and oxygen atoms in total. The van der Waals surface area contributed by atoms with Crippen LogP contribution in [0, 0.1) is 12.8 Å². The highest BCUT2D eigenvalue weighted by atomic mass is 16.2. The molecule has 1 aromatic carbocycles. The Labute approximate surface area is 137 Å². The van der Waals surface area contributed by atoms with E-state index in [1.165, 1.54) is 0 Å². The smallest absolute Gasteiger partial charge is 0.312 e. The van der Waals surface area contributed by atoms with E-state index in [2.05, 4.69) is 10.6 Å². The van der Waals surface area contributed by atoms with Gasteiger partial charge < -0.3 is 22.1 Å². The molecule has 1 aliphatic rings. The van der Waals surface area contributed by atoms with Crippen molar-refractivity contribution in [3.63, 3.8) is 0 Å². The topological polar surface area (TPSA) is 110 Å². The fourth-order valence-electron chi connectivity index (χ4n) is 2.98. The molecular weight excluding hydrogens is 292 g/mol. The maximum absolute atomic E-state index is 12.5. The van der Waals surface area contributed by atoms with Gasteiger partial charge in [0.15, 0.2) is 0 Å². The summed E-state index contributed by atoms with van der Waals surface area (Å²) in [5, 5.41) is 5.71. The van der Waals surface area contributed by atoms with E-state index in [9.17, 15) is 9.59 Å². The monoisotopic (exact) mass is 318 g/mol. The first-order valence-corrected chi connectivity index (χ1v) is 7.98. The zero-order chi connectivity index (χ0) is 17.0. The van der Waals surface area contributed by atoms with Gasteiger partial charge in [-0.15, -0.1) is 0 Å². The Morgan fingerprint density at radius 3 is 2.52 bits per heavy atom. The van der Waals surface area contributed by atoms with Gasteiger partial charge in [-0.3, -0.25) is 4.79 Å². The Kier molecular flexibility index (Phi) is 5.26. The molecule has 0 radical (unpaired) electrons. The molecule has 2 unspecified atom stereocenters. The van der Waals surface area contributed by atoms with E-state index < -0.39 is 12.1 Å². The van der Waals surface area contributed by atoms with Crippen LogP contribution in [-0.4, -0.2) is 24.0 Å². The Bertz CT molecular complexity index is 586. The summed E-state index contributed by atoms with van der Waals surface area (Å²) in [6, 6.07) is 6.54. The van der Waals surface area contributed by atoms with Crippen LogP contribution in [0.25, 0.3) is 0 Å². The van der Waals surface area contributed by atoms with Crippen molar-refractivity contribution < 1.29 is 9.59 Å². The molecule has 0 aromatic heterocycles. The lowest BCUT2D eigenvalue weighted by Gasteiger charge is -2.30. The number of carbonyl (C=O) groups is 2. The summed E-state index contributed by atoms with van der Waals surface area (Å²) < 4.78 is 0. The number of primary amides is 1. The lowest BCUT2D eigenvalue weighted by atomic mass is 9.94. The standard InChI is InChI=1S/C17H26N4O2/c1-11-5-3-4-6-13(11)14(20-16(19)23)9-15(22)21-17(2,10-18)12-7-8-12/h3-6,12,14H,7-10,18H2,1-2H3,(H,21,22)(H3,19,20,23). The highest BCUT2D eigenvalue weighted by Crippen LogP contribution is 2.39. The molecule has 1 fully saturated rings. The molecule has 0 aliphatic heterocycles. The van der Waals surface area contributed by atoms with Crippen LogP contribution in [0.15, 0.2) is 24.3 Å². The number of carbonyl (C=O) groups excluding carboxylic acids is 2. The van der Waals surface area contributed by atoms with Gasteiger partial charge in [0, 0.05) is 6.54 Å². The molecule has 2 rings (SSSR count). The predicted molar refractivity (Wildman–Crippen MR) is 89.6 cm³/mol. The molecule has 0 bridgehead atoms. The van der Waals surface area contributed by atoms with Crippen LogP contribution in [0.4, 0.5) is 4.79 Å². The molecule has 1 aromatic rings. The quantitative estimate of drug-likeness (QED) is 0.609. The van der Waals surface area contributed by atoms with Gasteiger partial charge in [-0.1, -0.05) is 24.3 Å². The van der Waals surface area contributed by atoms with Crippen molar-refractivity contribution in [1.29, 1.82) is 0 Å². The van der Waals surface area contributed by atoms with Crippen molar-refractivity contribution >= 4 is 11.9 Å². The molecule has 126 valence electrons. The van der Waals surface area contributed by atoms with Crippen LogP contribution < -0.4 is 22.1 Å². The van der Waals surface area contributed by atoms with Crippen LogP contribution in [0.3, 0.4) is 0 Å². The van der Waals surface area contributed by atoms with Gasteiger partial charge in [-0.25, -0.2) is 4.79 Å². The second-order valence-electron chi connectivity index (χ2n) is 6.57. The summed E-state index contributed by atoms with van der Waals surface area (Å²) >= 11 is 0. The van der Waals surface area contributed by atoms with Gasteiger partial charge in [0.05, 0.1) is 18.0 Å². The zero-order valence-electron chi connectivity index (χ0n) is 13.8. The number of hydrogen-bond acceptors (Lipinski definition) is 3. The molecule has 0 spiro atoms. The van der Waals surface area contributed by atoms with E-state index in [0.717, 1.165) is 24.0 Å². The van der Waals surface area contributed by atoms with E-state index in [1.54, 1.807) is 0 Å². The maximum atomic E-state index is 12.5. The number of rotatable bonds is 7. The van der Waals surface area contributed by atoms with E-state index in [4.69, 9.17) is 11.5 Å². The van der Waals surface area contributed by atoms with E-state index in [1.807, 2.05) is 38.1 Å². The molecule has 23 heavy (non-hydrogen) atoms. The van der Waals surface area contributed by atoms with Crippen LogP contribution in [0.2, 0.25) is 0 Å². The van der Waals surface area contributed by atoms with Gasteiger partial charge >= 0.3 is 6.03 Å². The molecule has 1 saturated carbocycles. The third kappa shape index (κ3) is 4.45. The molecule has 2 atom stereocenters. The lowest BCUT2D eigenvalue weighted by molar-refractivity contribution is -0.123. The third-order valence-corrected chi connectivity index (χ3v) is 4.60. The number of urea groups is 1. The van der Waals surface area contributed by atoms with Crippen molar-refractivity contribution in [1.82, 2.24) is 10.6 Å². The van der Waals surface area contributed by atoms with Gasteiger partial charge in [-0.05, 0) is 43.7 Å². The third-order valence-electron chi connectivity index (χ3n) is 4.60. The number of aryl methyl sites for hydroxylation is 1. The van der Waals surface area contributed by atoms with E-state index in [0.29, 0.717) is 12.5 Å². The molecule has 6 N–H and O–H groups in total. The molecule has 6 heteroatoms. The summed E-state index contributed by atoms with van der Waals surface area (Å²) in [4.78, 5) is 23.8. The van der Waals surface area contributed by atoms with Crippen LogP contribution in [-0.2, 0) is 4.79 Å². The zero-order valence-corrected chi connectivity index (χ0v) is 13.8. The Morgan fingerprint density at radius 1 is 1.35 bits per heavy atom. The first kappa shape index (κ1) is 17.3. The summed E-state index contributed by atoms with van der Waals surface area (Å²) in [6.45, 7) is 4.33. The van der Waals surface area contributed by atoms with Gasteiger partial charge in [-0.2, -0.15) is 0 Å². The highest BCUT2D eigenvalue weighted by molar-refractivity contribution is 5.79. The van der Waals surface area contributed by atoms with Crippen molar-refractivity contribution in [2.45, 2.75) is 44.7 Å². The second-order valence-corrected chi connectivity index (χ2v) is 6.57. The van der Waals surface area contributed by atoms with E-state index in [-0.39, 0.29) is 17.9 Å². The van der Waals surface area contributed by atoms with Gasteiger partial charge in [0.2, 0.25) is 5.91 Å². The number of nitrogens with two attached hydrogens (primary N) is 2. The average molecular weight is 318 g/mol. The molecule has 3 amide bonds. The predicted octanol–water partition coefficient (Wildman–Crippen LogP) is 1.34. The van der Waals surface area contributed by atoms with Crippen molar-refractivity contribution in [3.8, 4) is 0 Å². The highest BCUT2D eigenvalue weighted by Gasteiger charge is 2.41. The number of nitrogens with one attached hydrogen (secondary N) is 2. The molecule has 1 aliphatic carbocycles. The maximum Gasteiger partial charge on any atom is 0.312 e. The second kappa shape index (κ2) is 7.00. The average Bonchev–Trinajstić information content (AvgIpc) is 3.31. The van der Waals surface area contributed by atoms with Crippen molar-refractivity contribution in [2.24, 2.45) is 17.4 Å². The number of hydrogen-bond donors (Lipinski definition) is 4. The van der Waals surface area contributed by atoms with E-state index >= 15 is 0 Å². The minimum Gasteiger partial charge on any atom is -0.352 e. The van der Waals surface area contributed by atoms with Gasteiger partial charge in [0.25, 0.3) is 0 Å². The molecule has 0 heterocycles. The summed E-state index contributed by atoms with van der Waals surface area (Å²) in [5.74, 6) is 0.310. The van der Waals surface area contributed by atoms with Crippen LogP contribution in [0.1, 0.15) is 43.4 Å². The normalized spacial score (nSPS) is 17.9. The van der Waals surface area contributed by atoms with Gasteiger partial charge in [0.1, 0.15) is 0 Å². The minimum atomic E-state index is -0.644. The SMILES string of the molecule is Cc1ccccc1C(CC(=O)NC(C)(CN)C1CC1)NC(N)=O. The summed E-state index contributed by atoms with van der Waals surface area (Å²) in [6.07, 6.45) is 2.32. The Morgan fingerprint density at radius 2 is 2.00 bits per heavy atom. The first-order chi connectivity index (χ1) is 10.9. The minimum absolute atomic E-state index is 0.133. The summed E-state index contributed by atoms with van der Waals surface area (Å²) in [7, 11) is 0. The van der Waals surface area contributed by atoms with Crippen molar-refractivity contribution in [3.05, 3.63) is 35.4 Å². The largest absolute Gasteiger partial charge is 0.352 e. The fourth-order valence-corrected chi connectivity index (χ4v) is 2.98. The van der Waals surface area contributed by atoms with Crippen LogP contribution >= 0.6 is 0 Å². The summed E-state index contributed by atoms with van der Waals surface area (Å²) in [5.41, 5.74) is 12.6. The fraction of sp³-hybridized carbons (Fsp3) is 0.529. The first-order valence-electron chi connectivity index (χ1n) is 7.98. The van der Waals surface area contributed by atoms with Crippen LogP contribution in [0.5, 0.6) is 0 Å². The molecule has 0 saturated heterocycles. The molecular formula is C17H26N4O2. The lowest BCUT2D eigenvalue weighted by Crippen LogP contribution is -2.53. The Hall–Kier alpha value is -2.08. The van der Waals surface area contributed by atoms with Crippen molar-refractivity contribution in [2.75, 3.05) is 6.54 Å².